The number of carbonyl (C=O) groups is 1. The Morgan fingerprint density at radius 1 is 1.50 bits per heavy atom. The lowest BCUT2D eigenvalue weighted by Crippen LogP contribution is -2.34. The maximum absolute atomic E-state index is 11.1. The van der Waals surface area contributed by atoms with Crippen LogP contribution < -0.4 is 5.32 Å². The van der Waals surface area contributed by atoms with E-state index in [-0.39, 0.29) is 25.0 Å². The number of hydrogen-bond acceptors (Lipinski definition) is 5. The zero-order valence-corrected chi connectivity index (χ0v) is 8.69. The fourth-order valence-electron chi connectivity index (χ4n) is 0.899. The van der Waals surface area contributed by atoms with Crippen LogP contribution in [0.2, 0.25) is 0 Å². The molecule has 14 heavy (non-hydrogen) atoms. The molecule has 0 heterocycles. The van der Waals surface area contributed by atoms with Crippen LogP contribution in [0.3, 0.4) is 0 Å². The van der Waals surface area contributed by atoms with E-state index in [0.717, 1.165) is 0 Å². The van der Waals surface area contributed by atoms with Gasteiger partial charge >= 0.3 is 5.97 Å². The molecule has 0 aromatic carbocycles. The molecule has 2 atom stereocenters. The molecule has 2 unspecified atom stereocenters. The predicted molar refractivity (Wildman–Crippen MR) is 51.8 cm³/mol. The van der Waals surface area contributed by atoms with Crippen molar-refractivity contribution >= 4 is 5.97 Å². The van der Waals surface area contributed by atoms with Gasteiger partial charge in [0.1, 0.15) is 0 Å². The van der Waals surface area contributed by atoms with Crippen LogP contribution in [0.15, 0.2) is 0 Å². The number of carbonyl (C=O) groups excluding carboxylic acids is 1. The number of aliphatic hydroxyl groups is 2. The quantitative estimate of drug-likeness (QED) is 0.471. The van der Waals surface area contributed by atoms with E-state index in [1.807, 2.05) is 0 Å². The molecule has 0 amide bonds. The highest BCUT2D eigenvalue weighted by molar-refractivity contribution is 5.72. The molecular weight excluding hydrogens is 186 g/mol. The molecule has 3 N–H and O–H groups in total. The summed E-state index contributed by atoms with van der Waals surface area (Å²) in [5.41, 5.74) is 0. The number of esters is 1. The highest BCUT2D eigenvalue weighted by atomic mass is 16.5. The van der Waals surface area contributed by atoms with Crippen molar-refractivity contribution in [2.45, 2.75) is 20.0 Å². The van der Waals surface area contributed by atoms with Gasteiger partial charge in [-0.25, -0.2) is 0 Å². The Morgan fingerprint density at radius 3 is 2.64 bits per heavy atom. The smallest absolute Gasteiger partial charge is 0.309 e. The minimum atomic E-state index is -0.774. The second-order valence-corrected chi connectivity index (χ2v) is 3.15. The number of hydrogen-bond donors (Lipinski definition) is 3. The summed E-state index contributed by atoms with van der Waals surface area (Å²) in [6.45, 7) is 4.32. The van der Waals surface area contributed by atoms with Gasteiger partial charge in [-0.2, -0.15) is 0 Å². The third kappa shape index (κ3) is 5.90. The lowest BCUT2D eigenvalue weighted by molar-refractivity contribution is -0.147. The Morgan fingerprint density at radius 2 is 2.14 bits per heavy atom. The second-order valence-electron chi connectivity index (χ2n) is 3.15. The SMILES string of the molecule is CCOC(=O)C(C)CNCC(O)CO. The summed E-state index contributed by atoms with van der Waals surface area (Å²) in [5, 5.41) is 20.4. The van der Waals surface area contributed by atoms with E-state index in [1.54, 1.807) is 13.8 Å². The van der Waals surface area contributed by atoms with Crippen molar-refractivity contribution in [1.29, 1.82) is 0 Å². The van der Waals surface area contributed by atoms with Crippen LogP contribution in [0, 0.1) is 5.92 Å². The molecule has 0 saturated carbocycles. The monoisotopic (exact) mass is 205 g/mol. The fourth-order valence-corrected chi connectivity index (χ4v) is 0.899. The number of rotatable bonds is 7. The number of aliphatic hydroxyl groups excluding tert-OH is 2. The summed E-state index contributed by atoms with van der Waals surface area (Å²) in [4.78, 5) is 11.1. The summed E-state index contributed by atoms with van der Waals surface area (Å²) in [6, 6.07) is 0. The Hall–Kier alpha value is -0.650. The fraction of sp³-hybridized carbons (Fsp3) is 0.889. The average Bonchev–Trinajstić information content (AvgIpc) is 2.17. The van der Waals surface area contributed by atoms with Crippen molar-refractivity contribution in [2.75, 3.05) is 26.3 Å². The molecule has 0 aliphatic carbocycles. The first-order valence-corrected chi connectivity index (χ1v) is 4.78. The highest BCUT2D eigenvalue weighted by Crippen LogP contribution is 1.96. The molecule has 0 rings (SSSR count). The lowest BCUT2D eigenvalue weighted by atomic mass is 10.2. The van der Waals surface area contributed by atoms with Gasteiger partial charge in [0, 0.05) is 13.1 Å². The first kappa shape index (κ1) is 13.4. The maximum Gasteiger partial charge on any atom is 0.309 e. The Labute approximate surface area is 84.1 Å². The molecule has 0 saturated heterocycles. The first-order chi connectivity index (χ1) is 6.61. The van der Waals surface area contributed by atoms with E-state index in [4.69, 9.17) is 14.9 Å². The van der Waals surface area contributed by atoms with Crippen LogP contribution in [0.25, 0.3) is 0 Å². The molecule has 0 aromatic rings. The van der Waals surface area contributed by atoms with E-state index >= 15 is 0 Å². The molecular formula is C9H19NO4. The second kappa shape index (κ2) is 7.73. The summed E-state index contributed by atoms with van der Waals surface area (Å²) in [6.07, 6.45) is -0.774. The van der Waals surface area contributed by atoms with Crippen molar-refractivity contribution in [1.82, 2.24) is 5.32 Å². The topological polar surface area (TPSA) is 78.8 Å². The van der Waals surface area contributed by atoms with Gasteiger partial charge in [-0.05, 0) is 6.92 Å². The van der Waals surface area contributed by atoms with Gasteiger partial charge in [0.05, 0.1) is 25.2 Å². The van der Waals surface area contributed by atoms with E-state index in [2.05, 4.69) is 5.32 Å². The van der Waals surface area contributed by atoms with E-state index in [0.29, 0.717) is 13.2 Å². The molecule has 0 bridgehead atoms. The number of ether oxygens (including phenoxy) is 1. The molecule has 5 heteroatoms. The van der Waals surface area contributed by atoms with Gasteiger partial charge in [-0.15, -0.1) is 0 Å². The van der Waals surface area contributed by atoms with Crippen molar-refractivity contribution < 1.29 is 19.7 Å². The van der Waals surface area contributed by atoms with Crippen molar-refractivity contribution in [3.8, 4) is 0 Å². The molecule has 0 aromatic heterocycles. The van der Waals surface area contributed by atoms with Gasteiger partial charge in [0.25, 0.3) is 0 Å². The summed E-state index contributed by atoms with van der Waals surface area (Å²) in [5.74, 6) is -0.487. The van der Waals surface area contributed by atoms with Gasteiger partial charge in [-0.1, -0.05) is 6.92 Å². The molecule has 0 fully saturated rings. The zero-order valence-electron chi connectivity index (χ0n) is 8.69. The van der Waals surface area contributed by atoms with Crippen LogP contribution in [-0.2, 0) is 9.53 Å². The normalized spacial score (nSPS) is 14.9. The molecule has 5 nitrogen and oxygen atoms in total. The average molecular weight is 205 g/mol. The van der Waals surface area contributed by atoms with Gasteiger partial charge < -0.3 is 20.3 Å². The lowest BCUT2D eigenvalue weighted by Gasteiger charge is -2.13. The molecule has 0 aliphatic rings. The minimum Gasteiger partial charge on any atom is -0.466 e. The number of nitrogens with one attached hydrogen (secondary N) is 1. The Kier molecular flexibility index (Phi) is 7.37. The third-order valence-corrected chi connectivity index (χ3v) is 1.73. The van der Waals surface area contributed by atoms with Gasteiger partial charge in [0.15, 0.2) is 0 Å². The standard InChI is InChI=1S/C9H19NO4/c1-3-14-9(13)7(2)4-10-5-8(12)6-11/h7-8,10-12H,3-6H2,1-2H3. The van der Waals surface area contributed by atoms with Crippen LogP contribution in [-0.4, -0.2) is 48.6 Å². The zero-order chi connectivity index (χ0) is 11.0. The Balaban J connectivity index is 3.52. The molecule has 84 valence electrons. The minimum absolute atomic E-state index is 0.235. The van der Waals surface area contributed by atoms with Crippen LogP contribution >= 0.6 is 0 Å². The third-order valence-electron chi connectivity index (χ3n) is 1.73. The first-order valence-electron chi connectivity index (χ1n) is 4.78. The van der Waals surface area contributed by atoms with Crippen LogP contribution in [0.4, 0.5) is 0 Å². The molecule has 0 aliphatic heterocycles. The van der Waals surface area contributed by atoms with Crippen LogP contribution in [0.5, 0.6) is 0 Å². The van der Waals surface area contributed by atoms with Crippen LogP contribution in [0.1, 0.15) is 13.8 Å². The van der Waals surface area contributed by atoms with Crippen molar-refractivity contribution in [2.24, 2.45) is 5.92 Å². The van der Waals surface area contributed by atoms with Crippen molar-refractivity contribution in [3.63, 3.8) is 0 Å². The largest absolute Gasteiger partial charge is 0.466 e. The summed E-state index contributed by atoms with van der Waals surface area (Å²) < 4.78 is 4.80. The predicted octanol–water partition coefficient (Wildman–Crippen LogP) is -0.872. The molecule has 0 spiro atoms. The van der Waals surface area contributed by atoms with E-state index < -0.39 is 6.10 Å². The maximum atomic E-state index is 11.1. The van der Waals surface area contributed by atoms with E-state index in [9.17, 15) is 4.79 Å². The Bertz CT molecular complexity index is 163. The van der Waals surface area contributed by atoms with Crippen molar-refractivity contribution in [3.05, 3.63) is 0 Å². The van der Waals surface area contributed by atoms with E-state index in [1.165, 1.54) is 0 Å². The summed E-state index contributed by atoms with van der Waals surface area (Å²) >= 11 is 0. The highest BCUT2D eigenvalue weighted by Gasteiger charge is 2.13. The van der Waals surface area contributed by atoms with Gasteiger partial charge in [0.2, 0.25) is 0 Å². The summed E-state index contributed by atoms with van der Waals surface area (Å²) in [7, 11) is 0. The van der Waals surface area contributed by atoms with Gasteiger partial charge in [-0.3, -0.25) is 4.79 Å². The molecule has 0 radical (unpaired) electrons.